The fraction of sp³-hybridized carbons (Fsp3) is 0.533. The minimum atomic E-state index is -0.863. The van der Waals surface area contributed by atoms with Gasteiger partial charge in [0.2, 0.25) is 0 Å². The lowest BCUT2D eigenvalue weighted by Crippen LogP contribution is -2.19. The highest BCUT2D eigenvalue weighted by molar-refractivity contribution is 5.87. The second kappa shape index (κ2) is 7.38. The van der Waals surface area contributed by atoms with Gasteiger partial charge < -0.3 is 14.6 Å². The van der Waals surface area contributed by atoms with Crippen molar-refractivity contribution in [1.82, 2.24) is 4.90 Å². The minimum Gasteiger partial charge on any atom is -0.478 e. The van der Waals surface area contributed by atoms with E-state index in [0.29, 0.717) is 18.8 Å². The second-order valence-electron chi connectivity index (χ2n) is 4.96. The Labute approximate surface area is 119 Å². The van der Waals surface area contributed by atoms with E-state index in [-0.39, 0.29) is 0 Å². The summed E-state index contributed by atoms with van der Waals surface area (Å²) < 4.78 is 10.3. The molecule has 0 radical (unpaired) electrons. The Bertz CT molecular complexity index is 461. The first-order valence-electron chi connectivity index (χ1n) is 6.85. The molecule has 1 aliphatic heterocycles. The predicted molar refractivity (Wildman–Crippen MR) is 74.8 cm³/mol. The van der Waals surface area contributed by atoms with Crippen LogP contribution in [0.1, 0.15) is 27.9 Å². The highest BCUT2D eigenvalue weighted by Gasteiger charge is 2.19. The number of carboxylic acid groups (broad SMARTS) is 1. The van der Waals surface area contributed by atoms with Gasteiger partial charge in [-0.3, -0.25) is 4.90 Å². The molecular weight excluding hydrogens is 258 g/mol. The quantitative estimate of drug-likeness (QED) is 0.735. The topological polar surface area (TPSA) is 59.0 Å². The van der Waals surface area contributed by atoms with E-state index in [2.05, 4.69) is 4.90 Å². The highest BCUT2D eigenvalue weighted by atomic mass is 16.5. The van der Waals surface area contributed by atoms with Crippen molar-refractivity contribution < 1.29 is 19.4 Å². The Balaban J connectivity index is 1.74. The maximum absolute atomic E-state index is 10.9. The lowest BCUT2D eigenvalue weighted by Gasteiger charge is -2.14. The normalized spacial score (nSPS) is 14.4. The van der Waals surface area contributed by atoms with Gasteiger partial charge in [-0.25, -0.2) is 4.79 Å². The molecule has 110 valence electrons. The Hall–Kier alpha value is -1.43. The number of hydrogen-bond acceptors (Lipinski definition) is 4. The molecule has 0 amide bonds. The van der Waals surface area contributed by atoms with E-state index in [9.17, 15) is 4.79 Å². The zero-order valence-electron chi connectivity index (χ0n) is 11.8. The second-order valence-corrected chi connectivity index (χ2v) is 4.96. The first-order chi connectivity index (χ1) is 9.70. The van der Waals surface area contributed by atoms with Crippen LogP contribution in [0.15, 0.2) is 18.2 Å². The van der Waals surface area contributed by atoms with Crippen molar-refractivity contribution in [1.29, 1.82) is 0 Å². The maximum Gasteiger partial charge on any atom is 0.335 e. The average Bonchev–Trinajstić information content (AvgIpc) is 2.84. The Morgan fingerprint density at radius 1 is 1.25 bits per heavy atom. The Morgan fingerprint density at radius 2 is 2.05 bits per heavy atom. The molecule has 0 aliphatic carbocycles. The fourth-order valence-corrected chi connectivity index (χ4v) is 2.39. The van der Waals surface area contributed by atoms with Gasteiger partial charge in [-0.1, -0.05) is 6.07 Å². The van der Waals surface area contributed by atoms with Gasteiger partial charge in [0.25, 0.3) is 0 Å². The summed E-state index contributed by atoms with van der Waals surface area (Å²) in [5.41, 5.74) is 2.73. The summed E-state index contributed by atoms with van der Waals surface area (Å²) in [6, 6.07) is 5.39. The van der Waals surface area contributed by atoms with Gasteiger partial charge in [-0.15, -0.1) is 0 Å². The van der Waals surface area contributed by atoms with Crippen LogP contribution < -0.4 is 0 Å². The Kier molecular flexibility index (Phi) is 5.52. The van der Waals surface area contributed by atoms with Gasteiger partial charge in [0.15, 0.2) is 0 Å². The van der Waals surface area contributed by atoms with Gasteiger partial charge >= 0.3 is 5.97 Å². The van der Waals surface area contributed by atoms with Crippen LogP contribution in [0.2, 0.25) is 0 Å². The SMILES string of the molecule is COCCOCCCN1Cc2ccc(C(=O)O)cc2C1. The van der Waals surface area contributed by atoms with Crippen LogP contribution in [0.5, 0.6) is 0 Å². The standard InChI is InChI=1S/C15H21NO4/c1-19-7-8-20-6-2-5-16-10-13-4-3-12(15(17)18)9-14(13)11-16/h3-4,9H,2,5-8,10-11H2,1H3,(H,17,18). The number of rotatable bonds is 8. The lowest BCUT2D eigenvalue weighted by molar-refractivity contribution is 0.0651. The summed E-state index contributed by atoms with van der Waals surface area (Å²) in [4.78, 5) is 13.3. The van der Waals surface area contributed by atoms with E-state index < -0.39 is 5.97 Å². The van der Waals surface area contributed by atoms with E-state index >= 15 is 0 Å². The smallest absolute Gasteiger partial charge is 0.335 e. The molecule has 20 heavy (non-hydrogen) atoms. The molecule has 5 heteroatoms. The van der Waals surface area contributed by atoms with E-state index in [1.807, 2.05) is 6.07 Å². The van der Waals surface area contributed by atoms with Gasteiger partial charge in [-0.05, 0) is 29.7 Å². The van der Waals surface area contributed by atoms with Gasteiger partial charge in [0.1, 0.15) is 0 Å². The van der Waals surface area contributed by atoms with Crippen molar-refractivity contribution >= 4 is 5.97 Å². The number of nitrogens with zero attached hydrogens (tertiary/aromatic N) is 1. The van der Waals surface area contributed by atoms with Crippen LogP contribution in [0.4, 0.5) is 0 Å². The molecule has 1 aromatic rings. The molecule has 2 rings (SSSR count). The van der Waals surface area contributed by atoms with E-state index in [1.165, 1.54) is 5.56 Å². The molecule has 5 nitrogen and oxygen atoms in total. The molecule has 1 aliphatic rings. The number of carboxylic acids is 1. The third-order valence-electron chi connectivity index (χ3n) is 3.44. The molecule has 0 spiro atoms. The zero-order valence-corrected chi connectivity index (χ0v) is 11.8. The van der Waals surface area contributed by atoms with Gasteiger partial charge in [0, 0.05) is 33.4 Å². The predicted octanol–water partition coefficient (Wildman–Crippen LogP) is 1.75. The van der Waals surface area contributed by atoms with Crippen molar-refractivity contribution in [3.63, 3.8) is 0 Å². The van der Waals surface area contributed by atoms with Crippen molar-refractivity contribution in [3.8, 4) is 0 Å². The number of benzene rings is 1. The zero-order chi connectivity index (χ0) is 14.4. The van der Waals surface area contributed by atoms with Crippen LogP contribution in [-0.2, 0) is 22.6 Å². The van der Waals surface area contributed by atoms with E-state index in [0.717, 1.165) is 38.2 Å². The lowest BCUT2D eigenvalue weighted by atomic mass is 10.1. The third-order valence-corrected chi connectivity index (χ3v) is 3.44. The van der Waals surface area contributed by atoms with Gasteiger partial charge in [-0.2, -0.15) is 0 Å². The van der Waals surface area contributed by atoms with E-state index in [1.54, 1.807) is 19.2 Å². The molecule has 0 aromatic heterocycles. The summed E-state index contributed by atoms with van der Waals surface area (Å²) in [6.45, 7) is 4.69. The summed E-state index contributed by atoms with van der Waals surface area (Å²) in [7, 11) is 1.66. The summed E-state index contributed by atoms with van der Waals surface area (Å²) in [5, 5.41) is 8.99. The summed E-state index contributed by atoms with van der Waals surface area (Å²) in [5.74, 6) is -0.863. The third kappa shape index (κ3) is 4.03. The van der Waals surface area contributed by atoms with Crippen molar-refractivity contribution in [3.05, 3.63) is 34.9 Å². The van der Waals surface area contributed by atoms with Crippen LogP contribution in [-0.4, -0.2) is 49.5 Å². The molecule has 0 saturated heterocycles. The molecule has 0 saturated carbocycles. The number of fused-ring (bicyclic) bond motifs is 1. The first-order valence-corrected chi connectivity index (χ1v) is 6.85. The minimum absolute atomic E-state index is 0.369. The van der Waals surface area contributed by atoms with Crippen LogP contribution in [0, 0.1) is 0 Å². The highest BCUT2D eigenvalue weighted by Crippen LogP contribution is 2.23. The molecule has 1 heterocycles. The number of hydrogen-bond donors (Lipinski definition) is 1. The summed E-state index contributed by atoms with van der Waals surface area (Å²) >= 11 is 0. The summed E-state index contributed by atoms with van der Waals surface area (Å²) in [6.07, 6.45) is 0.976. The molecule has 0 atom stereocenters. The number of methoxy groups -OCH3 is 1. The number of ether oxygens (including phenoxy) is 2. The van der Waals surface area contributed by atoms with Crippen molar-refractivity contribution in [2.24, 2.45) is 0 Å². The van der Waals surface area contributed by atoms with Crippen LogP contribution >= 0.6 is 0 Å². The molecule has 1 aromatic carbocycles. The fourth-order valence-electron chi connectivity index (χ4n) is 2.39. The average molecular weight is 279 g/mol. The maximum atomic E-state index is 10.9. The monoisotopic (exact) mass is 279 g/mol. The van der Waals surface area contributed by atoms with Gasteiger partial charge in [0.05, 0.1) is 18.8 Å². The van der Waals surface area contributed by atoms with E-state index in [4.69, 9.17) is 14.6 Å². The van der Waals surface area contributed by atoms with Crippen molar-refractivity contribution in [2.45, 2.75) is 19.5 Å². The largest absolute Gasteiger partial charge is 0.478 e. The molecule has 0 unspecified atom stereocenters. The molecule has 0 bridgehead atoms. The van der Waals surface area contributed by atoms with Crippen LogP contribution in [0.25, 0.3) is 0 Å². The molecular formula is C15H21NO4. The number of carbonyl (C=O) groups is 1. The number of aromatic carboxylic acids is 1. The molecule has 1 N–H and O–H groups in total. The Morgan fingerprint density at radius 3 is 2.80 bits per heavy atom. The first kappa shape index (κ1) is 15.0. The van der Waals surface area contributed by atoms with Crippen molar-refractivity contribution in [2.75, 3.05) is 33.5 Å². The van der Waals surface area contributed by atoms with Crippen LogP contribution in [0.3, 0.4) is 0 Å². The molecule has 0 fully saturated rings.